The van der Waals surface area contributed by atoms with Gasteiger partial charge in [-0.15, -0.1) is 0 Å². The first-order valence-electron chi connectivity index (χ1n) is 6.84. The van der Waals surface area contributed by atoms with E-state index >= 15 is 0 Å². The van der Waals surface area contributed by atoms with E-state index in [0.29, 0.717) is 0 Å². The van der Waals surface area contributed by atoms with Crippen LogP contribution in [0.15, 0.2) is 18.2 Å². The lowest BCUT2D eigenvalue weighted by Crippen LogP contribution is -2.33. The minimum atomic E-state index is 0.821. The molecule has 0 radical (unpaired) electrons. The van der Waals surface area contributed by atoms with E-state index in [-0.39, 0.29) is 0 Å². The zero-order valence-electron chi connectivity index (χ0n) is 11.5. The smallest absolute Gasteiger partial charge is 0.123 e. The summed E-state index contributed by atoms with van der Waals surface area (Å²) in [7, 11) is 1.74. The molecule has 0 spiro atoms. The van der Waals surface area contributed by atoms with Crippen molar-refractivity contribution >= 4 is 0 Å². The van der Waals surface area contributed by atoms with Crippen LogP contribution < -0.4 is 15.4 Å². The fourth-order valence-electron chi connectivity index (χ4n) is 2.54. The van der Waals surface area contributed by atoms with Crippen LogP contribution in [0, 0.1) is 12.8 Å². The maximum atomic E-state index is 5.39. The highest BCUT2D eigenvalue weighted by atomic mass is 16.5. The molecule has 18 heavy (non-hydrogen) atoms. The number of benzene rings is 1. The fraction of sp³-hybridized carbons (Fsp3) is 0.600. The highest BCUT2D eigenvalue weighted by molar-refractivity contribution is 5.36. The average molecular weight is 248 g/mol. The number of hydrogen-bond donors (Lipinski definition) is 2. The number of ether oxygens (including phenoxy) is 1. The van der Waals surface area contributed by atoms with Crippen molar-refractivity contribution in [3.63, 3.8) is 0 Å². The highest BCUT2D eigenvalue weighted by Gasteiger charge is 2.12. The van der Waals surface area contributed by atoms with Crippen molar-refractivity contribution in [2.75, 3.05) is 26.7 Å². The van der Waals surface area contributed by atoms with E-state index in [1.165, 1.54) is 37.1 Å². The van der Waals surface area contributed by atoms with Crippen molar-refractivity contribution in [1.29, 1.82) is 0 Å². The molecule has 1 aromatic rings. The Kier molecular flexibility index (Phi) is 5.02. The first kappa shape index (κ1) is 13.4. The average Bonchev–Trinajstić information content (AvgIpc) is 2.40. The summed E-state index contributed by atoms with van der Waals surface area (Å²) >= 11 is 0. The Balaban J connectivity index is 1.83. The second kappa shape index (κ2) is 6.76. The Hall–Kier alpha value is -1.06. The monoisotopic (exact) mass is 248 g/mol. The predicted molar refractivity (Wildman–Crippen MR) is 75.0 cm³/mol. The molecule has 0 amide bonds. The largest absolute Gasteiger partial charge is 0.496 e. The van der Waals surface area contributed by atoms with E-state index in [0.717, 1.165) is 24.8 Å². The molecular weight excluding hydrogens is 224 g/mol. The van der Waals surface area contributed by atoms with E-state index < -0.39 is 0 Å². The second-order valence-electron chi connectivity index (χ2n) is 5.14. The number of aryl methyl sites for hydroxylation is 1. The van der Waals surface area contributed by atoms with Gasteiger partial charge in [0, 0.05) is 12.1 Å². The third-order valence-electron chi connectivity index (χ3n) is 3.64. The summed E-state index contributed by atoms with van der Waals surface area (Å²) in [6.07, 6.45) is 2.58. The maximum absolute atomic E-state index is 5.39. The van der Waals surface area contributed by atoms with Crippen molar-refractivity contribution in [3.8, 4) is 5.75 Å². The summed E-state index contributed by atoms with van der Waals surface area (Å²) < 4.78 is 5.39. The van der Waals surface area contributed by atoms with Gasteiger partial charge in [-0.3, -0.25) is 0 Å². The van der Waals surface area contributed by atoms with E-state index in [4.69, 9.17) is 4.74 Å². The minimum absolute atomic E-state index is 0.821. The van der Waals surface area contributed by atoms with Crippen molar-refractivity contribution in [1.82, 2.24) is 10.6 Å². The van der Waals surface area contributed by atoms with E-state index in [9.17, 15) is 0 Å². The van der Waals surface area contributed by atoms with Crippen LogP contribution in [0.3, 0.4) is 0 Å². The molecule has 0 atom stereocenters. The summed E-state index contributed by atoms with van der Waals surface area (Å²) in [6, 6.07) is 6.35. The molecule has 1 saturated heterocycles. The molecule has 1 aliphatic heterocycles. The third kappa shape index (κ3) is 3.72. The Morgan fingerprint density at radius 3 is 2.83 bits per heavy atom. The second-order valence-corrected chi connectivity index (χ2v) is 5.14. The Bertz CT molecular complexity index is 373. The molecule has 2 rings (SSSR count). The van der Waals surface area contributed by atoms with Crippen molar-refractivity contribution in [3.05, 3.63) is 29.3 Å². The molecule has 0 unspecified atom stereocenters. The third-order valence-corrected chi connectivity index (χ3v) is 3.64. The normalized spacial score (nSPS) is 16.8. The predicted octanol–water partition coefficient (Wildman–Crippen LogP) is 2.09. The summed E-state index contributed by atoms with van der Waals surface area (Å²) in [5.41, 5.74) is 2.54. The number of methoxy groups -OCH3 is 1. The van der Waals surface area contributed by atoms with Gasteiger partial charge in [-0.25, -0.2) is 0 Å². The van der Waals surface area contributed by atoms with Gasteiger partial charge >= 0.3 is 0 Å². The molecule has 0 aliphatic carbocycles. The Morgan fingerprint density at radius 1 is 1.33 bits per heavy atom. The molecule has 1 aromatic carbocycles. The molecule has 0 bridgehead atoms. The first-order valence-corrected chi connectivity index (χ1v) is 6.84. The van der Waals surface area contributed by atoms with Gasteiger partial charge in [0.1, 0.15) is 5.75 Å². The number of piperidine rings is 1. The SMILES string of the molecule is COc1ccc(C)cc1CNCC1CCNCC1. The zero-order chi connectivity index (χ0) is 12.8. The number of nitrogens with one attached hydrogen (secondary N) is 2. The van der Waals surface area contributed by atoms with E-state index in [1.54, 1.807) is 7.11 Å². The Morgan fingerprint density at radius 2 is 2.11 bits per heavy atom. The van der Waals surface area contributed by atoms with Crippen LogP contribution in [0.2, 0.25) is 0 Å². The molecule has 2 N–H and O–H groups in total. The first-order chi connectivity index (χ1) is 8.79. The highest BCUT2D eigenvalue weighted by Crippen LogP contribution is 2.19. The minimum Gasteiger partial charge on any atom is -0.496 e. The quantitative estimate of drug-likeness (QED) is 0.837. The summed E-state index contributed by atoms with van der Waals surface area (Å²) in [4.78, 5) is 0. The van der Waals surface area contributed by atoms with Crippen LogP contribution >= 0.6 is 0 Å². The lowest BCUT2D eigenvalue weighted by atomic mass is 9.98. The standard InChI is InChI=1S/C15H24N2O/c1-12-3-4-15(18-2)14(9-12)11-17-10-13-5-7-16-8-6-13/h3-4,9,13,16-17H,5-8,10-11H2,1-2H3. The van der Waals surface area contributed by atoms with Crippen LogP contribution in [-0.4, -0.2) is 26.7 Å². The topological polar surface area (TPSA) is 33.3 Å². The summed E-state index contributed by atoms with van der Waals surface area (Å²) in [5, 5.41) is 6.97. The van der Waals surface area contributed by atoms with Crippen molar-refractivity contribution in [2.45, 2.75) is 26.3 Å². The van der Waals surface area contributed by atoms with Crippen molar-refractivity contribution < 1.29 is 4.74 Å². The lowest BCUT2D eigenvalue weighted by molar-refractivity contribution is 0.354. The fourth-order valence-corrected chi connectivity index (χ4v) is 2.54. The zero-order valence-corrected chi connectivity index (χ0v) is 11.5. The molecule has 0 saturated carbocycles. The van der Waals surface area contributed by atoms with Gasteiger partial charge in [0.25, 0.3) is 0 Å². The van der Waals surface area contributed by atoms with Crippen LogP contribution in [0.1, 0.15) is 24.0 Å². The molecule has 1 fully saturated rings. The van der Waals surface area contributed by atoms with Gasteiger partial charge < -0.3 is 15.4 Å². The van der Waals surface area contributed by atoms with Crippen LogP contribution in [0.4, 0.5) is 0 Å². The molecule has 3 nitrogen and oxygen atoms in total. The number of rotatable bonds is 5. The van der Waals surface area contributed by atoms with Crippen molar-refractivity contribution in [2.24, 2.45) is 5.92 Å². The van der Waals surface area contributed by atoms with Gasteiger partial charge in [0.15, 0.2) is 0 Å². The van der Waals surface area contributed by atoms with Gasteiger partial charge in [0.05, 0.1) is 7.11 Å². The summed E-state index contributed by atoms with van der Waals surface area (Å²) in [6.45, 7) is 6.46. The molecule has 1 aliphatic rings. The molecule has 1 heterocycles. The van der Waals surface area contributed by atoms with Crippen LogP contribution in [0.5, 0.6) is 5.75 Å². The van der Waals surface area contributed by atoms with E-state index in [1.807, 2.05) is 0 Å². The molecule has 3 heteroatoms. The molecule has 0 aromatic heterocycles. The van der Waals surface area contributed by atoms with Gasteiger partial charge in [-0.05, 0) is 51.4 Å². The van der Waals surface area contributed by atoms with E-state index in [2.05, 4.69) is 35.8 Å². The molecule has 100 valence electrons. The van der Waals surface area contributed by atoms with Crippen LogP contribution in [-0.2, 0) is 6.54 Å². The maximum Gasteiger partial charge on any atom is 0.123 e. The molecular formula is C15H24N2O. The van der Waals surface area contributed by atoms with Gasteiger partial charge in [0.2, 0.25) is 0 Å². The van der Waals surface area contributed by atoms with Crippen LogP contribution in [0.25, 0.3) is 0 Å². The summed E-state index contributed by atoms with van der Waals surface area (Å²) in [5.74, 6) is 1.81. The van der Waals surface area contributed by atoms with Gasteiger partial charge in [-0.1, -0.05) is 17.7 Å². The Labute approximate surface area is 110 Å². The lowest BCUT2D eigenvalue weighted by Gasteiger charge is -2.23. The number of hydrogen-bond acceptors (Lipinski definition) is 3. The van der Waals surface area contributed by atoms with Gasteiger partial charge in [-0.2, -0.15) is 0 Å².